The van der Waals surface area contributed by atoms with E-state index in [2.05, 4.69) is 10.6 Å². The number of halogens is 2. The molecule has 0 spiro atoms. The lowest BCUT2D eigenvalue weighted by molar-refractivity contribution is -0.159. The Morgan fingerprint density at radius 3 is 2.59 bits per heavy atom. The molecule has 4 aliphatic rings. The van der Waals surface area contributed by atoms with E-state index in [0.29, 0.717) is 37.4 Å². The Bertz CT molecular complexity index is 933. The van der Waals surface area contributed by atoms with Crippen LogP contribution in [0.5, 0.6) is 0 Å². The first-order valence-corrected chi connectivity index (χ1v) is 12.1. The van der Waals surface area contributed by atoms with Gasteiger partial charge in [-0.2, -0.15) is 8.78 Å². The van der Waals surface area contributed by atoms with Crippen molar-refractivity contribution < 1.29 is 38.2 Å². The summed E-state index contributed by atoms with van der Waals surface area (Å²) < 4.78 is 25.3. The second kappa shape index (κ2) is 9.42. The van der Waals surface area contributed by atoms with E-state index in [4.69, 9.17) is 0 Å². The molecule has 4 aliphatic heterocycles. The van der Waals surface area contributed by atoms with Crippen LogP contribution < -0.4 is 10.6 Å². The fourth-order valence-corrected chi connectivity index (χ4v) is 6.88. The predicted octanol–water partition coefficient (Wildman–Crippen LogP) is -0.414. The van der Waals surface area contributed by atoms with Crippen LogP contribution in [-0.2, 0) is 19.2 Å². The van der Waals surface area contributed by atoms with Crippen molar-refractivity contribution in [1.29, 1.82) is 0 Å². The van der Waals surface area contributed by atoms with E-state index in [1.807, 2.05) is 0 Å². The number of β-amino-alcohol motifs (C(OH)–C–C–N with tert-alkyl or cyclic N) is 1. The summed E-state index contributed by atoms with van der Waals surface area (Å²) in [5.41, 5.74) is -0.117. The smallest absolute Gasteiger partial charge is 0.353 e. The molecular weight excluding hydrogens is 474 g/mol. The first kappa shape index (κ1) is 24.9. The van der Waals surface area contributed by atoms with Crippen molar-refractivity contribution in [2.24, 2.45) is 11.8 Å². The van der Waals surface area contributed by atoms with E-state index in [9.17, 15) is 38.2 Å². The van der Waals surface area contributed by atoms with E-state index in [1.54, 1.807) is 11.8 Å². The second-order valence-corrected chi connectivity index (χ2v) is 10.6. The van der Waals surface area contributed by atoms with Gasteiger partial charge in [0.05, 0.1) is 24.1 Å². The van der Waals surface area contributed by atoms with Crippen molar-refractivity contribution >= 4 is 35.5 Å². The molecular formula is C21H28F2N4O6S. The van der Waals surface area contributed by atoms with Gasteiger partial charge in [0, 0.05) is 41.7 Å². The molecule has 0 aromatic heterocycles. The quantitative estimate of drug-likeness (QED) is 0.345. The third kappa shape index (κ3) is 4.29. The summed E-state index contributed by atoms with van der Waals surface area (Å²) >= 11 is 1.32. The molecule has 0 radical (unpaired) electrons. The standard InChI is InChI=1S/C21H28F2N4O6S/c1-8-14-13(9(2)25-18(29)17(22)23)20(31)27(14)15(21(32)33)16(8)34-11-5-12(24-6-11)19(30)26-4-3-10(28)7-26/h8-14,17,24,28H,3-7H2,1-2H3,(H,25,29)(H,32,33)/t8-,9?,10+,11+,12+,13-,14-/m1/s1. The maximum absolute atomic E-state index is 12.8. The van der Waals surface area contributed by atoms with Crippen LogP contribution in [0.3, 0.4) is 0 Å². The summed E-state index contributed by atoms with van der Waals surface area (Å²) in [5, 5.41) is 24.7. The molecule has 0 aromatic rings. The number of alkyl halides is 2. The minimum atomic E-state index is -3.21. The number of hydrogen-bond acceptors (Lipinski definition) is 7. The lowest BCUT2D eigenvalue weighted by atomic mass is 9.78. The Morgan fingerprint density at radius 1 is 1.29 bits per heavy atom. The molecule has 34 heavy (non-hydrogen) atoms. The number of fused-ring (bicyclic) bond motifs is 1. The van der Waals surface area contributed by atoms with Gasteiger partial charge in [-0.05, 0) is 19.8 Å². The monoisotopic (exact) mass is 502 g/mol. The number of nitrogens with zero attached hydrogens (tertiary/aromatic N) is 2. The topological polar surface area (TPSA) is 139 Å². The Labute approximate surface area is 199 Å². The van der Waals surface area contributed by atoms with Crippen molar-refractivity contribution in [2.45, 2.75) is 62.6 Å². The molecule has 0 bridgehead atoms. The molecule has 0 aromatic carbocycles. The number of aliphatic hydroxyl groups is 1. The number of aliphatic hydroxyl groups excluding tert-OH is 1. The van der Waals surface area contributed by atoms with E-state index >= 15 is 0 Å². The van der Waals surface area contributed by atoms with Gasteiger partial charge >= 0.3 is 12.4 Å². The summed E-state index contributed by atoms with van der Waals surface area (Å²) in [7, 11) is 0. The minimum Gasteiger partial charge on any atom is -0.477 e. The number of carbonyl (C=O) groups is 4. The number of rotatable bonds is 7. The third-order valence-electron chi connectivity index (χ3n) is 7.06. The molecule has 3 amide bonds. The molecule has 10 nitrogen and oxygen atoms in total. The van der Waals surface area contributed by atoms with E-state index in [0.717, 1.165) is 0 Å². The van der Waals surface area contributed by atoms with Crippen LogP contribution in [0.2, 0.25) is 0 Å². The van der Waals surface area contributed by atoms with Crippen LogP contribution in [0.15, 0.2) is 10.6 Å². The van der Waals surface area contributed by atoms with E-state index < -0.39 is 54.4 Å². The lowest BCUT2D eigenvalue weighted by Gasteiger charge is -2.47. The van der Waals surface area contributed by atoms with Gasteiger partial charge in [-0.25, -0.2) is 4.79 Å². The Kier molecular flexibility index (Phi) is 6.89. The first-order valence-electron chi connectivity index (χ1n) is 11.3. The maximum Gasteiger partial charge on any atom is 0.353 e. The van der Waals surface area contributed by atoms with Crippen LogP contribution in [0, 0.1) is 11.8 Å². The summed E-state index contributed by atoms with van der Waals surface area (Å²) in [6.45, 7) is 4.53. The van der Waals surface area contributed by atoms with E-state index in [-0.39, 0.29) is 22.8 Å². The largest absolute Gasteiger partial charge is 0.477 e. The molecule has 13 heteroatoms. The number of nitrogens with one attached hydrogen (secondary N) is 2. The van der Waals surface area contributed by atoms with Gasteiger partial charge in [0.25, 0.3) is 5.91 Å². The number of β-lactam (4-membered cyclic amide) rings is 1. The Balaban J connectivity index is 1.44. The van der Waals surface area contributed by atoms with Gasteiger partial charge in [0.15, 0.2) is 0 Å². The molecule has 4 rings (SSSR count). The van der Waals surface area contributed by atoms with Gasteiger partial charge in [0.2, 0.25) is 11.8 Å². The highest BCUT2D eigenvalue weighted by molar-refractivity contribution is 8.03. The summed E-state index contributed by atoms with van der Waals surface area (Å²) in [4.78, 5) is 52.3. The maximum atomic E-state index is 12.8. The van der Waals surface area contributed by atoms with E-state index in [1.165, 1.54) is 23.6 Å². The van der Waals surface area contributed by atoms with Crippen LogP contribution in [0.1, 0.15) is 26.7 Å². The average Bonchev–Trinajstić information content (AvgIpc) is 3.46. The number of likely N-dealkylation sites (tertiary alicyclic amines) is 1. The van der Waals surface area contributed by atoms with Crippen LogP contribution in [0.25, 0.3) is 0 Å². The van der Waals surface area contributed by atoms with Crippen molar-refractivity contribution in [1.82, 2.24) is 20.4 Å². The number of carbonyl (C=O) groups excluding carboxylic acids is 3. The number of thioether (sulfide) groups is 1. The molecule has 7 atom stereocenters. The molecule has 4 heterocycles. The summed E-state index contributed by atoms with van der Waals surface area (Å²) in [5.74, 6) is -4.50. The first-order chi connectivity index (χ1) is 16.0. The molecule has 3 saturated heterocycles. The highest BCUT2D eigenvalue weighted by atomic mass is 32.2. The molecule has 4 N–H and O–H groups in total. The van der Waals surface area contributed by atoms with Gasteiger partial charge < -0.3 is 30.6 Å². The number of aliphatic carboxylic acids is 1. The second-order valence-electron chi connectivity index (χ2n) is 9.29. The number of carboxylic acid groups (broad SMARTS) is 1. The highest BCUT2D eigenvalue weighted by Gasteiger charge is 2.60. The van der Waals surface area contributed by atoms with Crippen LogP contribution in [0.4, 0.5) is 8.78 Å². The molecule has 0 aliphatic carbocycles. The van der Waals surface area contributed by atoms with Crippen LogP contribution in [-0.4, -0.2) is 99.2 Å². The van der Waals surface area contributed by atoms with Gasteiger partial charge in [-0.15, -0.1) is 11.8 Å². The Morgan fingerprint density at radius 2 is 2.00 bits per heavy atom. The zero-order valence-corrected chi connectivity index (χ0v) is 19.6. The predicted molar refractivity (Wildman–Crippen MR) is 117 cm³/mol. The zero-order valence-electron chi connectivity index (χ0n) is 18.7. The fraction of sp³-hybridized carbons (Fsp3) is 0.714. The van der Waals surface area contributed by atoms with Gasteiger partial charge in [-0.1, -0.05) is 6.92 Å². The van der Waals surface area contributed by atoms with Crippen LogP contribution >= 0.6 is 11.8 Å². The minimum absolute atomic E-state index is 0.0887. The molecule has 1 unspecified atom stereocenters. The van der Waals surface area contributed by atoms with Gasteiger partial charge in [-0.3, -0.25) is 14.4 Å². The van der Waals surface area contributed by atoms with Gasteiger partial charge in [0.1, 0.15) is 5.70 Å². The van der Waals surface area contributed by atoms with Crippen molar-refractivity contribution in [3.8, 4) is 0 Å². The average molecular weight is 503 g/mol. The third-order valence-corrected chi connectivity index (χ3v) is 8.57. The number of hydrogen-bond donors (Lipinski definition) is 4. The normalized spacial score (nSPS) is 33.9. The molecule has 188 valence electrons. The zero-order chi connectivity index (χ0) is 24.9. The number of amides is 3. The number of carboxylic acids is 1. The molecule has 3 fully saturated rings. The van der Waals surface area contributed by atoms with Crippen molar-refractivity contribution in [3.63, 3.8) is 0 Å². The summed E-state index contributed by atoms with van der Waals surface area (Å²) in [6.07, 6.45) is -2.70. The lowest BCUT2D eigenvalue weighted by Crippen LogP contribution is -2.66. The van der Waals surface area contributed by atoms with Crippen molar-refractivity contribution in [3.05, 3.63) is 10.6 Å². The summed E-state index contributed by atoms with van der Waals surface area (Å²) in [6, 6.07) is -1.85. The van der Waals surface area contributed by atoms with Crippen molar-refractivity contribution in [2.75, 3.05) is 19.6 Å². The molecule has 0 saturated carbocycles. The SMILES string of the molecule is CC(NC(=O)C(F)F)[C@H]1C(=O)N2C(C(=O)O)=C(S[C@@H]3CN[C@H](C(=O)N4CC[C@H](O)C4)C3)[C@H](C)[C@H]12. The highest BCUT2D eigenvalue weighted by Crippen LogP contribution is 2.51. The fourth-order valence-electron chi connectivity index (χ4n) is 5.40. The Hall–Kier alpha value is -2.25.